The van der Waals surface area contributed by atoms with Crippen LogP contribution in [0.15, 0.2) is 18.2 Å². The summed E-state index contributed by atoms with van der Waals surface area (Å²) < 4.78 is 0. The Bertz CT molecular complexity index is 431. The highest BCUT2D eigenvalue weighted by molar-refractivity contribution is 7.17. The van der Waals surface area contributed by atoms with Gasteiger partial charge < -0.3 is 4.90 Å². The highest BCUT2D eigenvalue weighted by Crippen LogP contribution is 2.37. The van der Waals surface area contributed by atoms with Gasteiger partial charge in [-0.05, 0) is 6.07 Å². The molecule has 15 heavy (non-hydrogen) atoms. The molecule has 0 atom stereocenters. The maximum Gasteiger partial charge on any atom is 0.348 e. The molecule has 6 heteroatoms. The Morgan fingerprint density at radius 3 is 2.67 bits per heavy atom. The van der Waals surface area contributed by atoms with Crippen molar-refractivity contribution in [2.45, 2.75) is 0 Å². The lowest BCUT2D eigenvalue weighted by atomic mass is 10.4. The Kier molecular flexibility index (Phi) is 2.51. The molecule has 1 aliphatic rings. The van der Waals surface area contributed by atoms with Gasteiger partial charge in [0.25, 0.3) is 0 Å². The molecule has 78 valence electrons. The fourth-order valence-corrected chi connectivity index (χ4v) is 2.29. The van der Waals surface area contributed by atoms with Gasteiger partial charge in [0, 0.05) is 13.1 Å². The van der Waals surface area contributed by atoms with Gasteiger partial charge in [-0.2, -0.15) is 0 Å². The van der Waals surface area contributed by atoms with Crippen LogP contribution < -0.4 is 4.90 Å². The summed E-state index contributed by atoms with van der Waals surface area (Å²) in [7, 11) is 0. The topological polar surface area (TPSA) is 63.5 Å². The van der Waals surface area contributed by atoms with Crippen LogP contribution in [0, 0.1) is 10.1 Å². The van der Waals surface area contributed by atoms with Gasteiger partial charge in [-0.1, -0.05) is 23.5 Å². The lowest BCUT2D eigenvalue weighted by Gasteiger charge is -2.14. The normalized spacial score (nSPS) is 14.5. The molecule has 0 unspecified atom stereocenters. The summed E-state index contributed by atoms with van der Waals surface area (Å²) in [6, 6.07) is 1.57. The van der Waals surface area contributed by atoms with E-state index in [1.54, 1.807) is 6.07 Å². The number of hydrogen-bond acceptors (Lipinski definition) is 5. The van der Waals surface area contributed by atoms with E-state index in [0.29, 0.717) is 29.9 Å². The van der Waals surface area contributed by atoms with E-state index < -0.39 is 4.92 Å². The maximum absolute atomic E-state index is 10.8. The van der Waals surface area contributed by atoms with Gasteiger partial charge in [0.05, 0.1) is 9.80 Å². The van der Waals surface area contributed by atoms with Crippen molar-refractivity contribution in [3.05, 3.63) is 33.2 Å². The Labute approximate surface area is 89.8 Å². The standard InChI is InChI=1S/C9H8N2O3S/c12-6-7-5-8(9(15-7)11(13)14)10-3-1-2-4-10/h1-2,5-6H,3-4H2. The van der Waals surface area contributed by atoms with Crippen LogP contribution in [0.1, 0.15) is 9.67 Å². The Morgan fingerprint density at radius 2 is 2.13 bits per heavy atom. The van der Waals surface area contributed by atoms with Crippen LogP contribution in [0.4, 0.5) is 10.7 Å². The second-order valence-electron chi connectivity index (χ2n) is 3.09. The highest BCUT2D eigenvalue weighted by atomic mass is 32.1. The molecule has 0 aromatic carbocycles. The van der Waals surface area contributed by atoms with Gasteiger partial charge in [-0.25, -0.2) is 0 Å². The summed E-state index contributed by atoms with van der Waals surface area (Å²) in [4.78, 5) is 23.1. The molecule has 0 fully saturated rings. The Balaban J connectivity index is 2.39. The quantitative estimate of drug-likeness (QED) is 0.340. The third-order valence-corrected chi connectivity index (χ3v) is 3.15. The molecule has 0 aliphatic carbocycles. The first-order chi connectivity index (χ1) is 7.22. The summed E-state index contributed by atoms with van der Waals surface area (Å²) in [5.74, 6) is 0. The summed E-state index contributed by atoms with van der Waals surface area (Å²) >= 11 is 0.918. The Morgan fingerprint density at radius 1 is 1.47 bits per heavy atom. The number of aldehydes is 1. The summed E-state index contributed by atoms with van der Waals surface area (Å²) in [6.45, 7) is 1.33. The number of carbonyl (C=O) groups is 1. The number of carbonyl (C=O) groups excluding carboxylic acids is 1. The minimum absolute atomic E-state index is 0.0424. The van der Waals surface area contributed by atoms with E-state index >= 15 is 0 Å². The molecular weight excluding hydrogens is 216 g/mol. The molecule has 0 saturated carbocycles. The zero-order valence-electron chi connectivity index (χ0n) is 7.75. The van der Waals surface area contributed by atoms with E-state index in [-0.39, 0.29) is 5.00 Å². The van der Waals surface area contributed by atoms with Crippen LogP contribution in [0.5, 0.6) is 0 Å². The minimum atomic E-state index is -0.439. The monoisotopic (exact) mass is 224 g/mol. The summed E-state index contributed by atoms with van der Waals surface area (Å²) in [5.41, 5.74) is 0.539. The fourth-order valence-electron chi connectivity index (χ4n) is 1.48. The number of nitrogens with zero attached hydrogens (tertiary/aromatic N) is 2. The lowest BCUT2D eigenvalue weighted by Crippen LogP contribution is -2.18. The zero-order chi connectivity index (χ0) is 10.8. The van der Waals surface area contributed by atoms with Crippen molar-refractivity contribution in [1.29, 1.82) is 0 Å². The molecule has 1 aromatic rings. The van der Waals surface area contributed by atoms with Crippen molar-refractivity contribution in [3.8, 4) is 0 Å². The van der Waals surface area contributed by atoms with Crippen molar-refractivity contribution < 1.29 is 9.72 Å². The molecule has 2 heterocycles. The molecular formula is C9H8N2O3S. The summed E-state index contributed by atoms with van der Waals surface area (Å²) in [6.07, 6.45) is 4.54. The van der Waals surface area contributed by atoms with Crippen LogP contribution in [0.2, 0.25) is 0 Å². The van der Waals surface area contributed by atoms with Crippen LogP contribution in [-0.4, -0.2) is 24.3 Å². The van der Waals surface area contributed by atoms with Gasteiger partial charge in [0.2, 0.25) is 0 Å². The average Bonchev–Trinajstić information content (AvgIpc) is 2.86. The molecule has 1 aliphatic heterocycles. The van der Waals surface area contributed by atoms with Crippen LogP contribution in [-0.2, 0) is 0 Å². The highest BCUT2D eigenvalue weighted by Gasteiger charge is 2.24. The molecule has 5 nitrogen and oxygen atoms in total. The molecule has 1 aromatic heterocycles. The maximum atomic E-state index is 10.8. The van der Waals surface area contributed by atoms with Crippen molar-refractivity contribution >= 4 is 28.3 Å². The molecule has 0 saturated heterocycles. The molecule has 2 rings (SSSR count). The van der Waals surface area contributed by atoms with Gasteiger partial charge in [-0.15, -0.1) is 0 Å². The third kappa shape index (κ3) is 1.75. The van der Waals surface area contributed by atoms with Gasteiger partial charge >= 0.3 is 5.00 Å². The van der Waals surface area contributed by atoms with Crippen LogP contribution in [0.3, 0.4) is 0 Å². The van der Waals surface area contributed by atoms with E-state index in [1.807, 2.05) is 17.1 Å². The lowest BCUT2D eigenvalue weighted by molar-refractivity contribution is -0.379. The van der Waals surface area contributed by atoms with Crippen LogP contribution in [0.25, 0.3) is 0 Å². The van der Waals surface area contributed by atoms with E-state index in [1.165, 1.54) is 0 Å². The smallest absolute Gasteiger partial charge is 0.348 e. The van der Waals surface area contributed by atoms with Crippen LogP contribution >= 0.6 is 11.3 Å². The largest absolute Gasteiger partial charge is 0.358 e. The third-order valence-electron chi connectivity index (χ3n) is 2.15. The fraction of sp³-hybridized carbons (Fsp3) is 0.222. The number of hydrogen-bond donors (Lipinski definition) is 0. The molecule has 0 radical (unpaired) electrons. The number of thiophene rings is 1. The van der Waals surface area contributed by atoms with E-state index in [0.717, 1.165) is 11.3 Å². The van der Waals surface area contributed by atoms with Crippen molar-refractivity contribution in [2.75, 3.05) is 18.0 Å². The predicted octanol–water partition coefficient (Wildman–Crippen LogP) is 1.84. The first-order valence-corrected chi connectivity index (χ1v) is 5.17. The van der Waals surface area contributed by atoms with Gasteiger partial charge in [-0.3, -0.25) is 14.9 Å². The molecule has 0 spiro atoms. The van der Waals surface area contributed by atoms with Gasteiger partial charge in [0.15, 0.2) is 6.29 Å². The first-order valence-electron chi connectivity index (χ1n) is 4.35. The zero-order valence-corrected chi connectivity index (χ0v) is 8.57. The first kappa shape index (κ1) is 9.85. The SMILES string of the molecule is O=Cc1cc(N2CC=CC2)c([N+](=O)[O-])s1. The molecule has 0 N–H and O–H groups in total. The van der Waals surface area contributed by atoms with Crippen molar-refractivity contribution in [2.24, 2.45) is 0 Å². The molecule has 0 amide bonds. The summed E-state index contributed by atoms with van der Waals surface area (Å²) in [5, 5.41) is 10.8. The Hall–Kier alpha value is -1.69. The predicted molar refractivity (Wildman–Crippen MR) is 57.7 cm³/mol. The number of nitro groups is 1. The van der Waals surface area contributed by atoms with E-state index in [4.69, 9.17) is 0 Å². The van der Waals surface area contributed by atoms with Gasteiger partial charge in [0.1, 0.15) is 5.69 Å². The number of anilines is 1. The van der Waals surface area contributed by atoms with E-state index in [9.17, 15) is 14.9 Å². The van der Waals surface area contributed by atoms with E-state index in [2.05, 4.69) is 0 Å². The minimum Gasteiger partial charge on any atom is -0.358 e. The number of rotatable bonds is 3. The molecule has 0 bridgehead atoms. The van der Waals surface area contributed by atoms with Crippen molar-refractivity contribution in [1.82, 2.24) is 0 Å². The second-order valence-corrected chi connectivity index (χ2v) is 4.15. The van der Waals surface area contributed by atoms with Crippen molar-refractivity contribution in [3.63, 3.8) is 0 Å². The average molecular weight is 224 g/mol. The second kappa shape index (κ2) is 3.82.